The van der Waals surface area contributed by atoms with Gasteiger partial charge >= 0.3 is 0 Å². The summed E-state index contributed by atoms with van der Waals surface area (Å²) in [6.45, 7) is 2.66. The minimum atomic E-state index is -0.247. The zero-order chi connectivity index (χ0) is 11.5. The van der Waals surface area contributed by atoms with E-state index in [1.54, 1.807) is 0 Å². The van der Waals surface area contributed by atoms with Crippen LogP contribution in [0.3, 0.4) is 0 Å². The van der Waals surface area contributed by atoms with Crippen LogP contribution >= 0.6 is 0 Å². The summed E-state index contributed by atoms with van der Waals surface area (Å²) in [5.41, 5.74) is 0. The quantitative estimate of drug-likeness (QED) is 0.774. The maximum atomic E-state index is 11.6. The average molecular weight is 222 g/mol. The standard InChI is InChI=1S/C11H14N2O3/c1-7-2-3-9(16-7)6-13-11(15)8-4-10(14)12-5-8/h2-3,8H,4-6H2,1H3,(H,12,14)(H,13,15). The number of amides is 2. The van der Waals surface area contributed by atoms with E-state index in [1.165, 1.54) is 0 Å². The van der Waals surface area contributed by atoms with Crippen LogP contribution in [0.5, 0.6) is 0 Å². The second-order valence-electron chi connectivity index (χ2n) is 3.94. The molecule has 0 saturated carbocycles. The van der Waals surface area contributed by atoms with E-state index >= 15 is 0 Å². The van der Waals surface area contributed by atoms with Gasteiger partial charge in [0.25, 0.3) is 0 Å². The Bertz CT molecular complexity index is 411. The fourth-order valence-corrected chi connectivity index (χ4v) is 1.69. The number of hydrogen-bond acceptors (Lipinski definition) is 3. The highest BCUT2D eigenvalue weighted by atomic mass is 16.3. The van der Waals surface area contributed by atoms with Gasteiger partial charge in [0.15, 0.2) is 0 Å². The lowest BCUT2D eigenvalue weighted by Gasteiger charge is -2.07. The molecule has 2 rings (SSSR count). The molecule has 2 N–H and O–H groups in total. The number of rotatable bonds is 3. The van der Waals surface area contributed by atoms with E-state index < -0.39 is 0 Å². The lowest BCUT2D eigenvalue weighted by molar-refractivity contribution is -0.126. The van der Waals surface area contributed by atoms with Gasteiger partial charge in [0.05, 0.1) is 12.5 Å². The van der Waals surface area contributed by atoms with Crippen molar-refractivity contribution >= 4 is 11.8 Å². The van der Waals surface area contributed by atoms with E-state index in [2.05, 4.69) is 10.6 Å². The van der Waals surface area contributed by atoms with Crippen molar-refractivity contribution in [1.29, 1.82) is 0 Å². The van der Waals surface area contributed by atoms with Crippen LogP contribution in [0.4, 0.5) is 0 Å². The number of carbonyl (C=O) groups is 2. The molecule has 16 heavy (non-hydrogen) atoms. The van der Waals surface area contributed by atoms with Crippen LogP contribution in [-0.4, -0.2) is 18.4 Å². The van der Waals surface area contributed by atoms with Gasteiger partial charge in [-0.1, -0.05) is 0 Å². The number of nitrogens with one attached hydrogen (secondary N) is 2. The third-order valence-electron chi connectivity index (χ3n) is 2.58. The fourth-order valence-electron chi connectivity index (χ4n) is 1.69. The SMILES string of the molecule is Cc1ccc(CNC(=O)C2CNC(=O)C2)o1. The predicted molar refractivity (Wildman–Crippen MR) is 56.4 cm³/mol. The number of furan rings is 1. The van der Waals surface area contributed by atoms with E-state index in [0.29, 0.717) is 13.1 Å². The molecular formula is C11H14N2O3. The summed E-state index contributed by atoms with van der Waals surface area (Å²) in [6.07, 6.45) is 0.281. The van der Waals surface area contributed by atoms with Gasteiger partial charge in [-0.2, -0.15) is 0 Å². The van der Waals surface area contributed by atoms with Crippen LogP contribution < -0.4 is 10.6 Å². The first-order valence-corrected chi connectivity index (χ1v) is 5.25. The molecule has 0 aromatic carbocycles. The molecule has 5 nitrogen and oxygen atoms in total. The zero-order valence-corrected chi connectivity index (χ0v) is 9.08. The number of aryl methyl sites for hydroxylation is 1. The van der Waals surface area contributed by atoms with Gasteiger partial charge in [0, 0.05) is 13.0 Å². The minimum absolute atomic E-state index is 0.0611. The van der Waals surface area contributed by atoms with Crippen molar-refractivity contribution in [2.24, 2.45) is 5.92 Å². The Morgan fingerprint density at radius 3 is 3.00 bits per heavy atom. The van der Waals surface area contributed by atoms with Gasteiger partial charge in [0.2, 0.25) is 11.8 Å². The highest BCUT2D eigenvalue weighted by molar-refractivity contribution is 5.89. The van der Waals surface area contributed by atoms with E-state index in [0.717, 1.165) is 11.5 Å². The first-order valence-electron chi connectivity index (χ1n) is 5.25. The molecule has 1 saturated heterocycles. The van der Waals surface area contributed by atoms with Gasteiger partial charge in [-0.05, 0) is 19.1 Å². The smallest absolute Gasteiger partial charge is 0.225 e. The van der Waals surface area contributed by atoms with Crippen molar-refractivity contribution in [2.45, 2.75) is 19.9 Å². The lowest BCUT2D eigenvalue weighted by atomic mass is 10.1. The van der Waals surface area contributed by atoms with Gasteiger partial charge in [0.1, 0.15) is 11.5 Å². The fraction of sp³-hybridized carbons (Fsp3) is 0.455. The maximum Gasteiger partial charge on any atom is 0.225 e. The van der Waals surface area contributed by atoms with Crippen LogP contribution in [0.15, 0.2) is 16.5 Å². The molecule has 0 radical (unpaired) electrons. The summed E-state index contributed by atoms with van der Waals surface area (Å²) >= 11 is 0. The highest BCUT2D eigenvalue weighted by Gasteiger charge is 2.27. The van der Waals surface area contributed by atoms with Crippen LogP contribution in [0.2, 0.25) is 0 Å². The summed E-state index contributed by atoms with van der Waals surface area (Å²) in [4.78, 5) is 22.6. The third kappa shape index (κ3) is 2.42. The molecule has 1 aliphatic rings. The monoisotopic (exact) mass is 222 g/mol. The van der Waals surface area contributed by atoms with Crippen molar-refractivity contribution in [3.63, 3.8) is 0 Å². The summed E-state index contributed by atoms with van der Waals surface area (Å²) in [7, 11) is 0. The first kappa shape index (κ1) is 10.7. The van der Waals surface area contributed by atoms with Crippen LogP contribution in [0.1, 0.15) is 17.9 Å². The largest absolute Gasteiger partial charge is 0.465 e. The predicted octanol–water partition coefficient (Wildman–Crippen LogP) is 0.340. The molecule has 1 unspecified atom stereocenters. The van der Waals surface area contributed by atoms with Crippen molar-refractivity contribution in [3.05, 3.63) is 23.7 Å². The summed E-state index contributed by atoms with van der Waals surface area (Å²) < 4.78 is 5.32. The molecule has 0 bridgehead atoms. The Hall–Kier alpha value is -1.78. The summed E-state index contributed by atoms with van der Waals surface area (Å²) in [5.74, 6) is 1.13. The van der Waals surface area contributed by atoms with E-state index in [-0.39, 0.29) is 24.2 Å². The number of carbonyl (C=O) groups excluding carboxylic acids is 2. The topological polar surface area (TPSA) is 71.3 Å². The summed E-state index contributed by atoms with van der Waals surface area (Å²) in [5, 5.41) is 5.38. The van der Waals surface area contributed by atoms with E-state index in [1.807, 2.05) is 19.1 Å². The maximum absolute atomic E-state index is 11.6. The molecule has 0 aliphatic carbocycles. The van der Waals surface area contributed by atoms with E-state index in [9.17, 15) is 9.59 Å². The molecule has 1 aromatic heterocycles. The molecule has 1 aliphatic heterocycles. The number of hydrogen-bond donors (Lipinski definition) is 2. The van der Waals surface area contributed by atoms with Crippen molar-refractivity contribution < 1.29 is 14.0 Å². The third-order valence-corrected chi connectivity index (χ3v) is 2.58. The van der Waals surface area contributed by atoms with Crippen molar-refractivity contribution in [3.8, 4) is 0 Å². The second kappa shape index (κ2) is 4.38. The molecule has 86 valence electrons. The molecule has 5 heteroatoms. The van der Waals surface area contributed by atoms with Gasteiger partial charge in [-0.25, -0.2) is 0 Å². The Morgan fingerprint density at radius 1 is 1.62 bits per heavy atom. The van der Waals surface area contributed by atoms with Gasteiger partial charge in [-0.15, -0.1) is 0 Å². The van der Waals surface area contributed by atoms with Crippen molar-refractivity contribution in [1.82, 2.24) is 10.6 Å². The highest BCUT2D eigenvalue weighted by Crippen LogP contribution is 2.10. The van der Waals surface area contributed by atoms with Crippen molar-refractivity contribution in [2.75, 3.05) is 6.54 Å². The minimum Gasteiger partial charge on any atom is -0.465 e. The molecule has 0 spiro atoms. The normalized spacial score (nSPS) is 19.6. The molecule has 2 amide bonds. The molecule has 1 fully saturated rings. The Balaban J connectivity index is 1.82. The molecule has 1 atom stereocenters. The average Bonchev–Trinajstić information content (AvgIpc) is 2.84. The molecule has 2 heterocycles. The second-order valence-corrected chi connectivity index (χ2v) is 3.94. The Kier molecular flexibility index (Phi) is 2.94. The Labute approximate surface area is 93.2 Å². The first-order chi connectivity index (χ1) is 7.65. The van der Waals surface area contributed by atoms with E-state index in [4.69, 9.17) is 4.42 Å². The molecular weight excluding hydrogens is 208 g/mol. The Morgan fingerprint density at radius 2 is 2.44 bits per heavy atom. The van der Waals surface area contributed by atoms with Crippen LogP contribution in [0.25, 0.3) is 0 Å². The van der Waals surface area contributed by atoms with Crippen LogP contribution in [0, 0.1) is 12.8 Å². The zero-order valence-electron chi connectivity index (χ0n) is 9.08. The summed E-state index contributed by atoms with van der Waals surface area (Å²) in [6, 6.07) is 3.68. The van der Waals surface area contributed by atoms with Crippen LogP contribution in [-0.2, 0) is 16.1 Å². The van der Waals surface area contributed by atoms with Gasteiger partial charge < -0.3 is 15.1 Å². The molecule has 1 aromatic rings. The van der Waals surface area contributed by atoms with Gasteiger partial charge in [-0.3, -0.25) is 9.59 Å². The lowest BCUT2D eigenvalue weighted by Crippen LogP contribution is -2.31.